The topological polar surface area (TPSA) is 165 Å². The number of rotatable bonds is 6. The number of benzene rings is 1. The first kappa shape index (κ1) is 28.1. The summed E-state index contributed by atoms with van der Waals surface area (Å²) in [6.45, 7) is 0.0365. The van der Waals surface area contributed by atoms with E-state index in [9.17, 15) is 31.5 Å². The van der Waals surface area contributed by atoms with Crippen LogP contribution in [-0.2, 0) is 21.2 Å². The third-order valence-corrected chi connectivity index (χ3v) is 5.45. The molecule has 0 atom stereocenters. The Hall–Kier alpha value is -4.14. The molecule has 36 heavy (non-hydrogen) atoms. The maximum atomic E-state index is 12.7. The van der Waals surface area contributed by atoms with E-state index in [1.54, 1.807) is 18.2 Å². The van der Waals surface area contributed by atoms with E-state index in [4.69, 9.17) is 19.4 Å². The predicted octanol–water partition coefficient (Wildman–Crippen LogP) is 2.32. The zero-order valence-electron chi connectivity index (χ0n) is 19.0. The molecule has 3 rings (SSSR count). The number of halogens is 3. The summed E-state index contributed by atoms with van der Waals surface area (Å²) in [6.07, 6.45) is -2.72. The van der Waals surface area contributed by atoms with Crippen LogP contribution in [0.3, 0.4) is 0 Å². The molecule has 0 saturated heterocycles. The van der Waals surface area contributed by atoms with Crippen LogP contribution in [-0.4, -0.2) is 67.1 Å². The predicted molar refractivity (Wildman–Crippen MR) is 119 cm³/mol. The third kappa shape index (κ3) is 6.50. The number of sulfone groups is 1. The number of ether oxygens (including phenoxy) is 2. The van der Waals surface area contributed by atoms with Gasteiger partial charge in [-0.05, 0) is 18.2 Å². The molecule has 0 spiro atoms. The summed E-state index contributed by atoms with van der Waals surface area (Å²) in [7, 11) is -0.795. The van der Waals surface area contributed by atoms with Gasteiger partial charge in [0.05, 0.1) is 14.2 Å². The summed E-state index contributed by atoms with van der Waals surface area (Å²) >= 11 is 0. The number of nitrogens with one attached hydrogen (secondary N) is 1. The van der Waals surface area contributed by atoms with E-state index in [1.165, 1.54) is 32.5 Å². The number of pyridine rings is 2. The Morgan fingerprint density at radius 3 is 2.28 bits per heavy atom. The quantitative estimate of drug-likeness (QED) is 0.430. The molecule has 194 valence electrons. The van der Waals surface area contributed by atoms with Crippen molar-refractivity contribution in [2.75, 3.05) is 20.5 Å². The van der Waals surface area contributed by atoms with Crippen molar-refractivity contribution in [2.45, 2.75) is 17.7 Å². The standard InChI is InChI=1S/C19H19N3O6S.C2HF3O2/c1-27-13-8-4-6-11(17(13)28-2)10-21-18(24)15-16(23)14-12(7-5-9-20-14)19(22-15)29(3,25)26;3-2(4,5)1(6)7/h4-9,23H,10H2,1-3H3,(H,21,24);(H,6,7). The minimum absolute atomic E-state index is 0.0213. The Labute approximate surface area is 202 Å². The molecule has 1 aromatic carbocycles. The van der Waals surface area contributed by atoms with Crippen molar-refractivity contribution >= 4 is 32.6 Å². The van der Waals surface area contributed by atoms with Crippen molar-refractivity contribution in [1.82, 2.24) is 15.3 Å². The smallest absolute Gasteiger partial charge is 0.490 e. The van der Waals surface area contributed by atoms with Gasteiger partial charge in [0.1, 0.15) is 5.52 Å². The summed E-state index contributed by atoms with van der Waals surface area (Å²) in [5, 5.41) is 20.0. The number of amides is 1. The number of carbonyl (C=O) groups excluding carboxylic acids is 1. The normalized spacial score (nSPS) is 11.3. The minimum Gasteiger partial charge on any atom is -0.504 e. The van der Waals surface area contributed by atoms with Gasteiger partial charge in [0.25, 0.3) is 5.91 Å². The fourth-order valence-electron chi connectivity index (χ4n) is 2.89. The summed E-state index contributed by atoms with van der Waals surface area (Å²) in [5.41, 5.74) is 0.174. The first-order valence-corrected chi connectivity index (χ1v) is 11.6. The van der Waals surface area contributed by atoms with Gasteiger partial charge >= 0.3 is 12.1 Å². The number of carboxylic acids is 1. The molecule has 3 N–H and O–H groups in total. The minimum atomic E-state index is -5.08. The number of methoxy groups -OCH3 is 2. The molecule has 0 radical (unpaired) electrons. The van der Waals surface area contributed by atoms with Gasteiger partial charge in [0.15, 0.2) is 37.8 Å². The molecule has 2 heterocycles. The lowest BCUT2D eigenvalue weighted by Gasteiger charge is -2.14. The fourth-order valence-corrected chi connectivity index (χ4v) is 3.71. The number of carbonyl (C=O) groups is 2. The molecule has 0 aliphatic rings. The van der Waals surface area contributed by atoms with Crippen molar-refractivity contribution in [3.63, 3.8) is 0 Å². The maximum Gasteiger partial charge on any atom is 0.490 e. The number of aliphatic carboxylic acids is 1. The Balaban J connectivity index is 0.000000572. The van der Waals surface area contributed by atoms with E-state index in [2.05, 4.69) is 15.3 Å². The van der Waals surface area contributed by atoms with Crippen LogP contribution in [0.4, 0.5) is 13.2 Å². The van der Waals surface area contributed by atoms with Crippen LogP contribution in [0, 0.1) is 0 Å². The molecule has 3 aromatic rings. The molecule has 15 heteroatoms. The number of hydrogen-bond donors (Lipinski definition) is 3. The number of nitrogens with zero attached hydrogens (tertiary/aromatic N) is 2. The number of carboxylic acid groups (broad SMARTS) is 1. The summed E-state index contributed by atoms with van der Waals surface area (Å²) in [5.74, 6) is -3.07. The zero-order chi connectivity index (χ0) is 27.3. The molecule has 11 nitrogen and oxygen atoms in total. The van der Waals surface area contributed by atoms with Gasteiger partial charge in [-0.2, -0.15) is 13.2 Å². The average Bonchev–Trinajstić information content (AvgIpc) is 2.81. The molecule has 0 saturated carbocycles. The fraction of sp³-hybridized carbons (Fsp3) is 0.238. The van der Waals surface area contributed by atoms with Gasteiger partial charge in [-0.1, -0.05) is 12.1 Å². The average molecular weight is 531 g/mol. The number of aromatic nitrogens is 2. The molecule has 0 aliphatic heterocycles. The van der Waals surface area contributed by atoms with Gasteiger partial charge in [-0.15, -0.1) is 0 Å². The SMILES string of the molecule is COc1cccc(CNC(=O)c2nc(S(C)(=O)=O)c3cccnc3c2O)c1OC.O=C(O)C(F)(F)F. The second kappa shape index (κ2) is 11.1. The largest absolute Gasteiger partial charge is 0.504 e. The van der Waals surface area contributed by atoms with Crippen LogP contribution >= 0.6 is 0 Å². The lowest BCUT2D eigenvalue weighted by Crippen LogP contribution is -2.25. The van der Waals surface area contributed by atoms with Crippen molar-refractivity contribution in [3.05, 3.63) is 47.8 Å². The Kier molecular flexibility index (Phi) is 8.64. The summed E-state index contributed by atoms with van der Waals surface area (Å²) in [6, 6.07) is 8.17. The molecular formula is C21H20F3N3O8S. The van der Waals surface area contributed by atoms with Gasteiger partial charge in [0.2, 0.25) is 0 Å². The van der Waals surface area contributed by atoms with Crippen LogP contribution in [0.15, 0.2) is 41.6 Å². The van der Waals surface area contributed by atoms with Crippen LogP contribution in [0.5, 0.6) is 17.2 Å². The maximum absolute atomic E-state index is 12.7. The Morgan fingerprint density at radius 1 is 1.11 bits per heavy atom. The molecule has 2 aromatic heterocycles. The highest BCUT2D eigenvalue weighted by atomic mass is 32.2. The number of para-hydroxylation sites is 1. The molecule has 0 bridgehead atoms. The van der Waals surface area contributed by atoms with E-state index in [0.717, 1.165) is 6.26 Å². The monoisotopic (exact) mass is 531 g/mol. The lowest BCUT2D eigenvalue weighted by atomic mass is 10.1. The van der Waals surface area contributed by atoms with Gasteiger partial charge in [0, 0.05) is 29.9 Å². The first-order valence-electron chi connectivity index (χ1n) is 9.68. The van der Waals surface area contributed by atoms with E-state index < -0.39 is 39.3 Å². The highest BCUT2D eigenvalue weighted by Gasteiger charge is 2.38. The second-order valence-corrected chi connectivity index (χ2v) is 8.86. The number of alkyl halides is 3. The lowest BCUT2D eigenvalue weighted by molar-refractivity contribution is -0.192. The van der Waals surface area contributed by atoms with Gasteiger partial charge < -0.3 is 25.0 Å². The Morgan fingerprint density at radius 2 is 1.75 bits per heavy atom. The summed E-state index contributed by atoms with van der Waals surface area (Å²) in [4.78, 5) is 29.5. The molecule has 0 unspecified atom stereocenters. The summed E-state index contributed by atoms with van der Waals surface area (Å²) < 4.78 is 66.5. The van der Waals surface area contributed by atoms with Crippen LogP contribution < -0.4 is 14.8 Å². The Bertz CT molecular complexity index is 1400. The van der Waals surface area contributed by atoms with Crippen LogP contribution in [0.25, 0.3) is 10.9 Å². The number of aromatic hydroxyl groups is 1. The molecule has 1 amide bonds. The van der Waals surface area contributed by atoms with E-state index in [0.29, 0.717) is 17.1 Å². The first-order chi connectivity index (χ1) is 16.7. The van der Waals surface area contributed by atoms with Crippen molar-refractivity contribution < 1.29 is 50.9 Å². The highest BCUT2D eigenvalue weighted by Crippen LogP contribution is 2.32. The van der Waals surface area contributed by atoms with Crippen LogP contribution in [0.1, 0.15) is 16.1 Å². The van der Waals surface area contributed by atoms with Crippen molar-refractivity contribution in [1.29, 1.82) is 0 Å². The van der Waals surface area contributed by atoms with Gasteiger partial charge in [-0.25, -0.2) is 18.2 Å². The van der Waals surface area contributed by atoms with E-state index >= 15 is 0 Å². The van der Waals surface area contributed by atoms with E-state index in [-0.39, 0.29) is 22.5 Å². The molecule has 0 fully saturated rings. The van der Waals surface area contributed by atoms with Crippen molar-refractivity contribution in [2.24, 2.45) is 0 Å². The number of hydrogen-bond acceptors (Lipinski definition) is 9. The second-order valence-electron chi connectivity index (χ2n) is 6.92. The highest BCUT2D eigenvalue weighted by molar-refractivity contribution is 7.90. The number of fused-ring (bicyclic) bond motifs is 1. The van der Waals surface area contributed by atoms with E-state index in [1.807, 2.05) is 0 Å². The zero-order valence-corrected chi connectivity index (χ0v) is 19.8. The van der Waals surface area contributed by atoms with Crippen molar-refractivity contribution in [3.8, 4) is 17.2 Å². The third-order valence-electron chi connectivity index (χ3n) is 4.43. The van der Waals surface area contributed by atoms with Gasteiger partial charge in [-0.3, -0.25) is 9.78 Å². The van der Waals surface area contributed by atoms with Crippen LogP contribution in [0.2, 0.25) is 0 Å². The molecular weight excluding hydrogens is 511 g/mol. The molecule has 0 aliphatic carbocycles.